The number of rotatable bonds is 3. The van der Waals surface area contributed by atoms with E-state index in [1.165, 1.54) is 0 Å². The third-order valence-corrected chi connectivity index (χ3v) is 2.11. The lowest BCUT2D eigenvalue weighted by atomic mass is 10.1. The summed E-state index contributed by atoms with van der Waals surface area (Å²) in [5, 5.41) is 18.3. The van der Waals surface area contributed by atoms with Gasteiger partial charge in [0, 0.05) is 6.61 Å². The van der Waals surface area contributed by atoms with Crippen LogP contribution in [0.1, 0.15) is 13.8 Å². The molecule has 0 amide bonds. The van der Waals surface area contributed by atoms with Gasteiger partial charge in [-0.3, -0.25) is 0 Å². The van der Waals surface area contributed by atoms with Crippen molar-refractivity contribution >= 4 is 0 Å². The minimum atomic E-state index is -0.704. The first-order valence-corrected chi connectivity index (χ1v) is 4.26. The first-order chi connectivity index (χ1) is 5.70. The molecule has 1 heterocycles. The van der Waals surface area contributed by atoms with Gasteiger partial charge in [-0.25, -0.2) is 0 Å². The van der Waals surface area contributed by atoms with E-state index in [9.17, 15) is 5.11 Å². The lowest BCUT2D eigenvalue weighted by Gasteiger charge is -2.17. The summed E-state index contributed by atoms with van der Waals surface area (Å²) in [4.78, 5) is 0. The third-order valence-electron chi connectivity index (χ3n) is 2.11. The Bertz CT molecular complexity index is 139. The number of aliphatic hydroxyl groups excluding tert-OH is 2. The maximum atomic E-state index is 9.54. The maximum absolute atomic E-state index is 9.54. The van der Waals surface area contributed by atoms with Crippen molar-refractivity contribution in [2.75, 3.05) is 13.2 Å². The van der Waals surface area contributed by atoms with Crippen LogP contribution in [0.4, 0.5) is 0 Å². The van der Waals surface area contributed by atoms with Crippen molar-refractivity contribution < 1.29 is 19.7 Å². The molecule has 2 N–H and O–H groups in total. The van der Waals surface area contributed by atoms with Crippen LogP contribution in [-0.2, 0) is 9.47 Å². The van der Waals surface area contributed by atoms with E-state index >= 15 is 0 Å². The van der Waals surface area contributed by atoms with Gasteiger partial charge in [0.15, 0.2) is 0 Å². The average Bonchev–Trinajstić information content (AvgIpc) is 2.32. The van der Waals surface area contributed by atoms with Gasteiger partial charge < -0.3 is 19.7 Å². The molecule has 0 aromatic rings. The van der Waals surface area contributed by atoms with Crippen LogP contribution >= 0.6 is 0 Å². The number of ether oxygens (including phenoxy) is 2. The van der Waals surface area contributed by atoms with E-state index in [1.807, 2.05) is 13.8 Å². The van der Waals surface area contributed by atoms with Crippen LogP contribution in [0, 0.1) is 0 Å². The van der Waals surface area contributed by atoms with E-state index in [2.05, 4.69) is 0 Å². The topological polar surface area (TPSA) is 58.9 Å². The molecule has 4 heteroatoms. The van der Waals surface area contributed by atoms with Crippen molar-refractivity contribution in [1.29, 1.82) is 0 Å². The van der Waals surface area contributed by atoms with Gasteiger partial charge in [-0.1, -0.05) is 0 Å². The minimum Gasteiger partial charge on any atom is -0.394 e. The standard InChI is InChI=1S/C8H16O4/c1-3-11-8-5(2)12-6(4-9)7(8)10/h5-10H,3-4H2,1-2H3/t5-,6+,7-,8?/m0/s1. The Morgan fingerprint density at radius 1 is 1.50 bits per heavy atom. The Kier molecular flexibility index (Phi) is 3.46. The van der Waals surface area contributed by atoms with Crippen LogP contribution in [0.5, 0.6) is 0 Å². The van der Waals surface area contributed by atoms with Crippen LogP contribution in [0.25, 0.3) is 0 Å². The van der Waals surface area contributed by atoms with Gasteiger partial charge in [0.2, 0.25) is 0 Å². The highest BCUT2D eigenvalue weighted by Crippen LogP contribution is 2.23. The molecular weight excluding hydrogens is 160 g/mol. The molecule has 1 aliphatic rings. The van der Waals surface area contributed by atoms with E-state index in [-0.39, 0.29) is 18.8 Å². The minimum absolute atomic E-state index is 0.142. The van der Waals surface area contributed by atoms with Gasteiger partial charge in [-0.05, 0) is 13.8 Å². The quantitative estimate of drug-likeness (QED) is 0.610. The zero-order chi connectivity index (χ0) is 9.14. The highest BCUT2D eigenvalue weighted by atomic mass is 16.6. The lowest BCUT2D eigenvalue weighted by molar-refractivity contribution is -0.0274. The predicted octanol–water partition coefficient (Wildman–Crippen LogP) is -0.468. The largest absolute Gasteiger partial charge is 0.394 e. The fourth-order valence-corrected chi connectivity index (χ4v) is 1.50. The summed E-state index contributed by atoms with van der Waals surface area (Å²) in [6.07, 6.45) is -1.63. The smallest absolute Gasteiger partial charge is 0.112 e. The Balaban J connectivity index is 2.51. The summed E-state index contributed by atoms with van der Waals surface area (Å²) in [6, 6.07) is 0. The van der Waals surface area contributed by atoms with Crippen LogP contribution in [0.3, 0.4) is 0 Å². The molecule has 0 bridgehead atoms. The van der Waals surface area contributed by atoms with E-state index in [0.29, 0.717) is 6.61 Å². The van der Waals surface area contributed by atoms with Gasteiger partial charge in [-0.15, -0.1) is 0 Å². The second kappa shape index (κ2) is 4.18. The summed E-state index contributed by atoms with van der Waals surface area (Å²) < 4.78 is 10.5. The molecule has 12 heavy (non-hydrogen) atoms. The highest BCUT2D eigenvalue weighted by molar-refractivity contribution is 4.89. The van der Waals surface area contributed by atoms with Gasteiger partial charge in [0.05, 0.1) is 12.7 Å². The fraction of sp³-hybridized carbons (Fsp3) is 1.00. The van der Waals surface area contributed by atoms with E-state index in [1.54, 1.807) is 0 Å². The molecule has 1 aliphatic heterocycles. The molecule has 1 rings (SSSR count). The van der Waals surface area contributed by atoms with Crippen molar-refractivity contribution in [2.45, 2.75) is 38.3 Å². The number of hydrogen-bond donors (Lipinski definition) is 2. The van der Waals surface area contributed by atoms with Crippen LogP contribution < -0.4 is 0 Å². The third kappa shape index (κ3) is 1.77. The van der Waals surface area contributed by atoms with Crippen molar-refractivity contribution in [3.63, 3.8) is 0 Å². The second-order valence-corrected chi connectivity index (χ2v) is 2.97. The van der Waals surface area contributed by atoms with Crippen LogP contribution in [-0.4, -0.2) is 47.8 Å². The first kappa shape index (κ1) is 9.92. The van der Waals surface area contributed by atoms with Gasteiger partial charge in [0.25, 0.3) is 0 Å². The second-order valence-electron chi connectivity index (χ2n) is 2.97. The van der Waals surface area contributed by atoms with Gasteiger partial charge in [-0.2, -0.15) is 0 Å². The first-order valence-electron chi connectivity index (χ1n) is 4.26. The van der Waals surface area contributed by atoms with Gasteiger partial charge >= 0.3 is 0 Å². The molecule has 1 fully saturated rings. The Morgan fingerprint density at radius 3 is 2.58 bits per heavy atom. The number of aliphatic hydroxyl groups is 2. The number of hydrogen-bond acceptors (Lipinski definition) is 4. The van der Waals surface area contributed by atoms with Gasteiger partial charge in [0.1, 0.15) is 18.3 Å². The predicted molar refractivity (Wildman–Crippen MR) is 42.8 cm³/mol. The molecule has 0 aromatic heterocycles. The average molecular weight is 176 g/mol. The zero-order valence-corrected chi connectivity index (χ0v) is 7.43. The summed E-state index contributed by atoms with van der Waals surface area (Å²) in [6.45, 7) is 4.09. The molecule has 0 spiro atoms. The van der Waals surface area contributed by atoms with Crippen molar-refractivity contribution in [2.24, 2.45) is 0 Å². The van der Waals surface area contributed by atoms with Crippen molar-refractivity contribution in [1.82, 2.24) is 0 Å². The summed E-state index contributed by atoms with van der Waals surface area (Å²) in [5.41, 5.74) is 0. The molecule has 0 radical (unpaired) electrons. The molecule has 0 aromatic carbocycles. The Morgan fingerprint density at radius 2 is 2.17 bits per heavy atom. The fourth-order valence-electron chi connectivity index (χ4n) is 1.50. The maximum Gasteiger partial charge on any atom is 0.112 e. The molecule has 0 saturated carbocycles. The molecule has 1 saturated heterocycles. The van der Waals surface area contributed by atoms with Crippen LogP contribution in [0.15, 0.2) is 0 Å². The lowest BCUT2D eigenvalue weighted by Crippen LogP contribution is -2.35. The normalized spacial score (nSPS) is 42.0. The van der Waals surface area contributed by atoms with Crippen LogP contribution in [0.2, 0.25) is 0 Å². The zero-order valence-electron chi connectivity index (χ0n) is 7.43. The summed E-state index contributed by atoms with van der Waals surface area (Å²) in [7, 11) is 0. The van der Waals surface area contributed by atoms with E-state index < -0.39 is 12.2 Å². The molecule has 1 unspecified atom stereocenters. The molecule has 4 atom stereocenters. The van der Waals surface area contributed by atoms with E-state index in [4.69, 9.17) is 14.6 Å². The Labute approximate surface area is 72.1 Å². The van der Waals surface area contributed by atoms with Crippen molar-refractivity contribution in [3.8, 4) is 0 Å². The Hall–Kier alpha value is -0.160. The SMILES string of the molecule is CCOC1[C@H](C)O[C@H](CO)[C@@H]1O. The molecule has 72 valence electrons. The summed E-state index contributed by atoms with van der Waals surface area (Å²) >= 11 is 0. The molecular formula is C8H16O4. The molecule has 4 nitrogen and oxygen atoms in total. The van der Waals surface area contributed by atoms with E-state index in [0.717, 1.165) is 0 Å². The molecule has 0 aliphatic carbocycles. The van der Waals surface area contributed by atoms with Crippen molar-refractivity contribution in [3.05, 3.63) is 0 Å². The summed E-state index contributed by atoms with van der Waals surface area (Å²) in [5.74, 6) is 0. The monoisotopic (exact) mass is 176 g/mol. The highest BCUT2D eigenvalue weighted by Gasteiger charge is 2.41.